The Morgan fingerprint density at radius 2 is 1.69 bits per heavy atom. The molecule has 1 saturated heterocycles. The highest BCUT2D eigenvalue weighted by Gasteiger charge is 2.40. The zero-order chi connectivity index (χ0) is 27.6. The topological polar surface area (TPSA) is 79.8 Å². The maximum absolute atomic E-state index is 12.9. The smallest absolute Gasteiger partial charge is 0.350 e. The number of aromatic nitrogens is 6. The summed E-state index contributed by atoms with van der Waals surface area (Å²) >= 11 is 1.71. The Hall–Kier alpha value is -3.17. The molecule has 9 heteroatoms. The lowest BCUT2D eigenvalue weighted by atomic mass is 9.73. The van der Waals surface area contributed by atoms with Crippen LogP contribution in [0.15, 0.2) is 69.4 Å². The number of benzene rings is 2. The third-order valence-electron chi connectivity index (χ3n) is 7.25. The Morgan fingerprint density at radius 3 is 2.38 bits per heavy atom. The Balaban J connectivity index is 1.41. The quantitative estimate of drug-likeness (QED) is 0.276. The van der Waals surface area contributed by atoms with Gasteiger partial charge < -0.3 is 9.30 Å². The fraction of sp³-hybridized carbons (Fsp3) is 0.467. The van der Waals surface area contributed by atoms with E-state index in [4.69, 9.17) is 4.74 Å². The summed E-state index contributed by atoms with van der Waals surface area (Å²) in [6, 6.07) is 16.8. The van der Waals surface area contributed by atoms with Crippen LogP contribution in [0.1, 0.15) is 57.7 Å². The van der Waals surface area contributed by atoms with Crippen LogP contribution in [-0.2, 0) is 23.2 Å². The van der Waals surface area contributed by atoms with Gasteiger partial charge in [0.15, 0.2) is 0 Å². The SMILES string of the molecule is Cc1nn(-c2ccc(Sc3cccc(C4(c5nncn5CC(C)C)CCOCC4)c3)cc2)c(=O)n1CC(C)C. The molecule has 2 aromatic heterocycles. The molecule has 5 rings (SSSR count). The minimum atomic E-state index is -0.224. The van der Waals surface area contributed by atoms with E-state index < -0.39 is 0 Å². The maximum atomic E-state index is 12.9. The lowest BCUT2D eigenvalue weighted by Gasteiger charge is -2.37. The largest absolute Gasteiger partial charge is 0.381 e. The number of aryl methyl sites for hydroxylation is 1. The van der Waals surface area contributed by atoms with Gasteiger partial charge in [-0.05, 0) is 73.6 Å². The Morgan fingerprint density at radius 1 is 0.974 bits per heavy atom. The van der Waals surface area contributed by atoms with E-state index in [0.29, 0.717) is 31.6 Å². The summed E-state index contributed by atoms with van der Waals surface area (Å²) in [6.45, 7) is 13.5. The molecule has 3 heterocycles. The average Bonchev–Trinajstić information content (AvgIpc) is 3.49. The molecule has 0 unspecified atom stereocenters. The highest BCUT2D eigenvalue weighted by atomic mass is 32.2. The molecule has 8 nitrogen and oxygen atoms in total. The van der Waals surface area contributed by atoms with E-state index in [1.165, 1.54) is 10.2 Å². The number of hydrogen-bond acceptors (Lipinski definition) is 6. The first-order chi connectivity index (χ1) is 18.8. The van der Waals surface area contributed by atoms with Gasteiger partial charge in [0, 0.05) is 36.1 Å². The van der Waals surface area contributed by atoms with Crippen molar-refractivity contribution >= 4 is 11.8 Å². The molecule has 4 aromatic rings. The van der Waals surface area contributed by atoms with E-state index in [-0.39, 0.29) is 11.1 Å². The fourth-order valence-corrected chi connectivity index (χ4v) is 6.28. The van der Waals surface area contributed by atoms with E-state index in [9.17, 15) is 4.79 Å². The number of ether oxygens (including phenoxy) is 1. The van der Waals surface area contributed by atoms with Crippen molar-refractivity contribution in [1.29, 1.82) is 0 Å². The van der Waals surface area contributed by atoms with Gasteiger partial charge in [0.2, 0.25) is 0 Å². The third-order valence-corrected chi connectivity index (χ3v) is 8.25. The first kappa shape index (κ1) is 27.4. The first-order valence-electron chi connectivity index (χ1n) is 13.8. The van der Waals surface area contributed by atoms with E-state index in [1.807, 2.05) is 25.4 Å². The molecular formula is C30H38N6O2S. The summed E-state index contributed by atoms with van der Waals surface area (Å²) in [5, 5.41) is 13.5. The van der Waals surface area contributed by atoms with Crippen LogP contribution < -0.4 is 5.69 Å². The Bertz CT molecular complexity index is 1460. The zero-order valence-electron chi connectivity index (χ0n) is 23.5. The summed E-state index contributed by atoms with van der Waals surface area (Å²) in [5.41, 5.74) is 1.71. The molecule has 1 fully saturated rings. The lowest BCUT2D eigenvalue weighted by Crippen LogP contribution is -2.38. The summed E-state index contributed by atoms with van der Waals surface area (Å²) in [4.78, 5) is 15.2. The van der Waals surface area contributed by atoms with Gasteiger partial charge in [-0.3, -0.25) is 4.57 Å². The summed E-state index contributed by atoms with van der Waals surface area (Å²) in [7, 11) is 0. The predicted octanol–water partition coefficient (Wildman–Crippen LogP) is 5.49. The van der Waals surface area contributed by atoms with Crippen LogP contribution in [0.25, 0.3) is 5.69 Å². The first-order valence-corrected chi connectivity index (χ1v) is 14.6. The molecule has 0 N–H and O–H groups in total. The van der Waals surface area contributed by atoms with Crippen LogP contribution in [0.3, 0.4) is 0 Å². The van der Waals surface area contributed by atoms with Gasteiger partial charge in [-0.1, -0.05) is 51.6 Å². The van der Waals surface area contributed by atoms with Gasteiger partial charge in [0.1, 0.15) is 18.0 Å². The normalized spacial score (nSPS) is 15.4. The monoisotopic (exact) mass is 546 g/mol. The van der Waals surface area contributed by atoms with Crippen LogP contribution in [0, 0.1) is 18.8 Å². The average molecular weight is 547 g/mol. The third kappa shape index (κ3) is 5.75. The maximum Gasteiger partial charge on any atom is 0.350 e. The summed E-state index contributed by atoms with van der Waals surface area (Å²) in [6.07, 6.45) is 3.62. The van der Waals surface area contributed by atoms with Gasteiger partial charge in [-0.15, -0.1) is 10.2 Å². The molecule has 39 heavy (non-hydrogen) atoms. The molecular weight excluding hydrogens is 508 g/mol. The minimum Gasteiger partial charge on any atom is -0.381 e. The van der Waals surface area contributed by atoms with E-state index >= 15 is 0 Å². The molecule has 0 amide bonds. The van der Waals surface area contributed by atoms with Crippen molar-refractivity contribution in [2.45, 2.75) is 75.8 Å². The van der Waals surface area contributed by atoms with E-state index in [2.05, 4.69) is 84.0 Å². The summed E-state index contributed by atoms with van der Waals surface area (Å²) < 4.78 is 11.2. The Labute approximate surface area is 234 Å². The van der Waals surface area contributed by atoms with E-state index in [1.54, 1.807) is 16.3 Å². The number of hydrogen-bond donors (Lipinski definition) is 0. The van der Waals surface area contributed by atoms with Gasteiger partial charge in [0.05, 0.1) is 11.1 Å². The Kier molecular flexibility index (Phi) is 8.09. The zero-order valence-corrected chi connectivity index (χ0v) is 24.3. The number of nitrogens with zero attached hydrogens (tertiary/aromatic N) is 6. The molecule has 0 saturated carbocycles. The molecule has 1 aliphatic rings. The number of rotatable bonds is 9. The van der Waals surface area contributed by atoms with Crippen molar-refractivity contribution in [3.8, 4) is 5.69 Å². The van der Waals surface area contributed by atoms with Crippen LogP contribution in [0.5, 0.6) is 0 Å². The molecule has 206 valence electrons. The fourth-order valence-electron chi connectivity index (χ4n) is 5.40. The molecule has 0 bridgehead atoms. The second kappa shape index (κ2) is 11.5. The standard InChI is InChI=1S/C30H38N6O2S/c1-21(2)18-34-20-31-32-28(34)30(13-15-38-16-14-30)24-7-6-8-27(17-24)39-26-11-9-25(10-12-26)36-29(37)35(19-22(3)4)23(5)33-36/h6-12,17,20-22H,13-16,18-19H2,1-5H3. The van der Waals surface area contributed by atoms with Crippen LogP contribution in [0.2, 0.25) is 0 Å². The molecule has 2 aromatic carbocycles. The van der Waals surface area contributed by atoms with Crippen LogP contribution >= 0.6 is 11.8 Å². The molecule has 0 radical (unpaired) electrons. The molecule has 1 aliphatic heterocycles. The highest BCUT2D eigenvalue weighted by Crippen LogP contribution is 2.42. The minimum absolute atomic E-state index is 0.0959. The van der Waals surface area contributed by atoms with Gasteiger partial charge >= 0.3 is 5.69 Å². The van der Waals surface area contributed by atoms with Crippen molar-refractivity contribution in [3.05, 3.63) is 82.6 Å². The van der Waals surface area contributed by atoms with Crippen molar-refractivity contribution in [2.24, 2.45) is 11.8 Å². The van der Waals surface area contributed by atoms with Crippen molar-refractivity contribution in [3.63, 3.8) is 0 Å². The summed E-state index contributed by atoms with van der Waals surface area (Å²) in [5.74, 6) is 2.64. The molecule has 0 spiro atoms. The van der Waals surface area contributed by atoms with Gasteiger partial charge in [-0.2, -0.15) is 9.78 Å². The van der Waals surface area contributed by atoms with Crippen molar-refractivity contribution in [1.82, 2.24) is 29.1 Å². The second-order valence-corrected chi connectivity index (χ2v) is 12.4. The lowest BCUT2D eigenvalue weighted by molar-refractivity contribution is 0.0590. The highest BCUT2D eigenvalue weighted by molar-refractivity contribution is 7.99. The van der Waals surface area contributed by atoms with Crippen molar-refractivity contribution < 1.29 is 4.74 Å². The van der Waals surface area contributed by atoms with E-state index in [0.717, 1.165) is 46.5 Å². The van der Waals surface area contributed by atoms with Crippen molar-refractivity contribution in [2.75, 3.05) is 13.2 Å². The van der Waals surface area contributed by atoms with Crippen LogP contribution in [0.4, 0.5) is 0 Å². The predicted molar refractivity (Wildman–Crippen MR) is 154 cm³/mol. The van der Waals surface area contributed by atoms with Gasteiger partial charge in [0.25, 0.3) is 0 Å². The molecule has 0 aliphatic carbocycles. The molecule has 0 atom stereocenters. The second-order valence-electron chi connectivity index (χ2n) is 11.3. The van der Waals surface area contributed by atoms with Gasteiger partial charge in [-0.25, -0.2) is 4.79 Å². The van der Waals surface area contributed by atoms with Crippen LogP contribution in [-0.4, -0.2) is 42.3 Å².